The molecule has 0 aromatic carbocycles. The summed E-state index contributed by atoms with van der Waals surface area (Å²) in [7, 11) is 0. The molecule has 0 aromatic rings. The number of nitrogens with one attached hydrogen (secondary N) is 1. The minimum atomic E-state index is -0.862. The Morgan fingerprint density at radius 2 is 2.05 bits per heavy atom. The van der Waals surface area contributed by atoms with Gasteiger partial charge in [0.05, 0.1) is 11.5 Å². The number of carbonyl (C=O) groups excluding carboxylic acids is 2. The normalized spacial score (nSPS) is 19.8. The Morgan fingerprint density at radius 3 is 2.65 bits per heavy atom. The number of hydrogen-bond acceptors (Lipinski definition) is 3. The highest BCUT2D eigenvalue weighted by Gasteiger charge is 2.33. The summed E-state index contributed by atoms with van der Waals surface area (Å²) in [6.07, 6.45) is 5.03. The third-order valence-corrected chi connectivity index (χ3v) is 3.71. The number of amides is 2. The van der Waals surface area contributed by atoms with Crippen LogP contribution in [0.15, 0.2) is 0 Å². The quantitative estimate of drug-likeness (QED) is 0.721. The molecular formula is C15H29N3O2. The van der Waals surface area contributed by atoms with Gasteiger partial charge >= 0.3 is 0 Å². The molecule has 5 nitrogen and oxygen atoms in total. The standard InChI is InChI=1S/C15H29N3O2/c1-4-5-6-9-17-13(19)12-8-7-10-18(11-12)14(20)15(2,3)16/h12H,4-11,16H2,1-3H3,(H,17,19). The molecule has 0 radical (unpaired) electrons. The van der Waals surface area contributed by atoms with Crippen LogP contribution < -0.4 is 11.1 Å². The number of piperidine rings is 1. The molecule has 0 spiro atoms. The van der Waals surface area contributed by atoms with E-state index in [-0.39, 0.29) is 17.7 Å². The molecule has 3 N–H and O–H groups in total. The molecule has 1 saturated heterocycles. The zero-order chi connectivity index (χ0) is 15.2. The van der Waals surface area contributed by atoms with Crippen LogP contribution in [0.5, 0.6) is 0 Å². The molecule has 20 heavy (non-hydrogen) atoms. The summed E-state index contributed by atoms with van der Waals surface area (Å²) < 4.78 is 0. The van der Waals surface area contributed by atoms with Crippen molar-refractivity contribution in [3.05, 3.63) is 0 Å². The van der Waals surface area contributed by atoms with Crippen molar-refractivity contribution in [3.63, 3.8) is 0 Å². The maximum Gasteiger partial charge on any atom is 0.242 e. The summed E-state index contributed by atoms with van der Waals surface area (Å²) in [6.45, 7) is 7.51. The number of carbonyl (C=O) groups is 2. The fourth-order valence-corrected chi connectivity index (χ4v) is 2.51. The van der Waals surface area contributed by atoms with Crippen molar-refractivity contribution in [1.82, 2.24) is 10.2 Å². The van der Waals surface area contributed by atoms with E-state index in [1.807, 2.05) is 0 Å². The van der Waals surface area contributed by atoms with Crippen molar-refractivity contribution in [3.8, 4) is 0 Å². The monoisotopic (exact) mass is 283 g/mol. The van der Waals surface area contributed by atoms with Gasteiger partial charge in [0.25, 0.3) is 0 Å². The summed E-state index contributed by atoms with van der Waals surface area (Å²) in [5, 5.41) is 2.98. The predicted molar refractivity (Wildman–Crippen MR) is 80.1 cm³/mol. The largest absolute Gasteiger partial charge is 0.356 e. The molecule has 116 valence electrons. The van der Waals surface area contributed by atoms with Crippen LogP contribution in [-0.2, 0) is 9.59 Å². The number of hydrogen-bond donors (Lipinski definition) is 2. The Morgan fingerprint density at radius 1 is 1.35 bits per heavy atom. The summed E-state index contributed by atoms with van der Waals surface area (Å²) >= 11 is 0. The summed E-state index contributed by atoms with van der Waals surface area (Å²) in [4.78, 5) is 26.0. The zero-order valence-electron chi connectivity index (χ0n) is 13.1. The van der Waals surface area contributed by atoms with Crippen molar-refractivity contribution >= 4 is 11.8 Å². The van der Waals surface area contributed by atoms with E-state index in [1.165, 1.54) is 0 Å². The van der Waals surface area contributed by atoms with Crippen molar-refractivity contribution in [2.45, 2.75) is 58.4 Å². The average Bonchev–Trinajstić information content (AvgIpc) is 2.41. The van der Waals surface area contributed by atoms with Crippen molar-refractivity contribution < 1.29 is 9.59 Å². The Bertz CT molecular complexity index is 337. The molecule has 2 amide bonds. The fraction of sp³-hybridized carbons (Fsp3) is 0.867. The molecule has 0 saturated carbocycles. The lowest BCUT2D eigenvalue weighted by atomic mass is 9.95. The molecule has 0 aromatic heterocycles. The number of nitrogens with two attached hydrogens (primary N) is 1. The van der Waals surface area contributed by atoms with E-state index in [4.69, 9.17) is 5.73 Å². The Hall–Kier alpha value is -1.10. The molecule has 1 rings (SSSR count). The van der Waals surface area contributed by atoms with Gasteiger partial charge in [-0.15, -0.1) is 0 Å². The van der Waals surface area contributed by atoms with E-state index in [0.29, 0.717) is 13.1 Å². The van der Waals surface area contributed by atoms with Gasteiger partial charge in [-0.2, -0.15) is 0 Å². The third-order valence-electron chi connectivity index (χ3n) is 3.71. The molecule has 1 atom stereocenters. The topological polar surface area (TPSA) is 75.4 Å². The maximum atomic E-state index is 12.2. The first-order valence-electron chi connectivity index (χ1n) is 7.72. The SMILES string of the molecule is CCCCCNC(=O)C1CCCN(C(=O)C(C)(C)N)C1. The molecule has 0 aliphatic carbocycles. The number of likely N-dealkylation sites (tertiary alicyclic amines) is 1. The van der Waals surface area contributed by atoms with Gasteiger partial charge < -0.3 is 16.0 Å². The van der Waals surface area contributed by atoms with E-state index in [2.05, 4.69) is 12.2 Å². The highest BCUT2D eigenvalue weighted by atomic mass is 16.2. The number of unbranched alkanes of at least 4 members (excludes halogenated alkanes) is 2. The predicted octanol–water partition coefficient (Wildman–Crippen LogP) is 1.27. The lowest BCUT2D eigenvalue weighted by Gasteiger charge is -2.35. The lowest BCUT2D eigenvalue weighted by Crippen LogP contribution is -2.55. The summed E-state index contributed by atoms with van der Waals surface area (Å²) in [5.74, 6) is -0.0777. The van der Waals surface area contributed by atoms with E-state index >= 15 is 0 Å². The first-order valence-corrected chi connectivity index (χ1v) is 7.72. The van der Waals surface area contributed by atoms with Crippen LogP contribution in [0, 0.1) is 5.92 Å². The van der Waals surface area contributed by atoms with E-state index in [9.17, 15) is 9.59 Å². The molecule has 1 fully saturated rings. The highest BCUT2D eigenvalue weighted by molar-refractivity contribution is 5.86. The minimum absolute atomic E-state index is 0.0685. The van der Waals surface area contributed by atoms with Gasteiger partial charge in [-0.25, -0.2) is 0 Å². The lowest BCUT2D eigenvalue weighted by molar-refractivity contribution is -0.139. The second-order valence-corrected chi connectivity index (χ2v) is 6.31. The van der Waals surface area contributed by atoms with E-state index < -0.39 is 5.54 Å². The molecule has 1 aliphatic heterocycles. The van der Waals surface area contributed by atoms with Crippen LogP contribution in [-0.4, -0.2) is 41.9 Å². The molecule has 1 heterocycles. The van der Waals surface area contributed by atoms with Crippen LogP contribution >= 0.6 is 0 Å². The maximum absolute atomic E-state index is 12.2. The van der Waals surface area contributed by atoms with Gasteiger partial charge in [0.1, 0.15) is 0 Å². The molecule has 0 bridgehead atoms. The zero-order valence-corrected chi connectivity index (χ0v) is 13.1. The summed E-state index contributed by atoms with van der Waals surface area (Å²) in [5.41, 5.74) is 4.99. The van der Waals surface area contributed by atoms with Gasteiger partial charge in [0, 0.05) is 19.6 Å². The van der Waals surface area contributed by atoms with Gasteiger partial charge in [-0.05, 0) is 33.1 Å². The van der Waals surface area contributed by atoms with E-state index in [0.717, 1.165) is 38.6 Å². The smallest absolute Gasteiger partial charge is 0.242 e. The molecule has 5 heteroatoms. The van der Waals surface area contributed by atoms with Crippen LogP contribution in [0.2, 0.25) is 0 Å². The molecule has 1 unspecified atom stereocenters. The van der Waals surface area contributed by atoms with Crippen molar-refractivity contribution in [2.24, 2.45) is 11.7 Å². The summed E-state index contributed by atoms with van der Waals surface area (Å²) in [6, 6.07) is 0. The first-order chi connectivity index (χ1) is 9.36. The Labute approximate surface area is 122 Å². The van der Waals surface area contributed by atoms with Gasteiger partial charge in [0.15, 0.2) is 0 Å². The third kappa shape index (κ3) is 5.12. The Kier molecular flexibility index (Phi) is 6.46. The number of nitrogens with zero attached hydrogens (tertiary/aromatic N) is 1. The molecule has 1 aliphatic rings. The van der Waals surface area contributed by atoms with E-state index in [1.54, 1.807) is 18.7 Å². The van der Waals surface area contributed by atoms with Crippen LogP contribution in [0.4, 0.5) is 0 Å². The highest BCUT2D eigenvalue weighted by Crippen LogP contribution is 2.19. The van der Waals surface area contributed by atoms with Gasteiger partial charge in [-0.3, -0.25) is 9.59 Å². The van der Waals surface area contributed by atoms with Crippen molar-refractivity contribution in [2.75, 3.05) is 19.6 Å². The van der Waals surface area contributed by atoms with Gasteiger partial charge in [-0.1, -0.05) is 19.8 Å². The second kappa shape index (κ2) is 7.62. The first kappa shape index (κ1) is 17.0. The fourth-order valence-electron chi connectivity index (χ4n) is 2.51. The van der Waals surface area contributed by atoms with Crippen molar-refractivity contribution in [1.29, 1.82) is 0 Å². The molecular weight excluding hydrogens is 254 g/mol. The second-order valence-electron chi connectivity index (χ2n) is 6.31. The van der Waals surface area contributed by atoms with Gasteiger partial charge in [0.2, 0.25) is 11.8 Å². The van der Waals surface area contributed by atoms with Crippen LogP contribution in [0.1, 0.15) is 52.9 Å². The number of rotatable bonds is 6. The van der Waals surface area contributed by atoms with Crippen LogP contribution in [0.3, 0.4) is 0 Å². The van der Waals surface area contributed by atoms with Crippen LogP contribution in [0.25, 0.3) is 0 Å². The minimum Gasteiger partial charge on any atom is -0.356 e. The Balaban J connectivity index is 2.44. The average molecular weight is 283 g/mol.